The number of benzene rings is 2. The van der Waals surface area contributed by atoms with Crippen LogP contribution >= 0.6 is 34.2 Å². The van der Waals surface area contributed by atoms with Crippen LogP contribution in [0, 0.1) is 11.6 Å². The van der Waals surface area contributed by atoms with Crippen molar-refractivity contribution in [2.45, 2.75) is 6.92 Å². The maximum absolute atomic E-state index is 14.7. The van der Waals surface area contributed by atoms with Crippen molar-refractivity contribution < 1.29 is 8.78 Å². The molecule has 0 aliphatic carbocycles. The number of hydrogen-bond acceptors (Lipinski definition) is 1. The molecule has 0 saturated carbocycles. The molecule has 128 valence electrons. The van der Waals surface area contributed by atoms with Crippen LogP contribution in [-0.2, 0) is 0 Å². The minimum atomic E-state index is -0.690. The van der Waals surface area contributed by atoms with E-state index in [0.717, 1.165) is 26.8 Å². The molecule has 2 aromatic carbocycles. The van der Waals surface area contributed by atoms with Gasteiger partial charge in [-0.2, -0.15) is 0 Å². The van der Waals surface area contributed by atoms with E-state index in [9.17, 15) is 8.78 Å². The number of halogens is 4. The van der Waals surface area contributed by atoms with Crippen LogP contribution in [-0.4, -0.2) is 11.4 Å². The van der Waals surface area contributed by atoms with Gasteiger partial charge >= 0.3 is 0 Å². The average Bonchev–Trinajstić information content (AvgIpc) is 2.58. The first-order valence-corrected chi connectivity index (χ1v) is 9.18. The van der Waals surface area contributed by atoms with E-state index in [2.05, 4.69) is 29.2 Å². The topological polar surface area (TPSA) is 3.24 Å². The summed E-state index contributed by atoms with van der Waals surface area (Å²) in [6.45, 7) is 6.53. The van der Waals surface area contributed by atoms with Crippen molar-refractivity contribution in [3.8, 4) is 0 Å². The lowest BCUT2D eigenvalue weighted by molar-refractivity contribution is 0.510. The normalized spacial score (nSPS) is 14.8. The maximum Gasteiger partial charge on any atom is 0.136 e. The molecule has 2 aromatic rings. The summed E-state index contributed by atoms with van der Waals surface area (Å²) in [5, 5.41) is 0.0309. The molecule has 1 nitrogen and oxygen atoms in total. The van der Waals surface area contributed by atoms with E-state index < -0.39 is 11.6 Å². The Morgan fingerprint density at radius 1 is 1.12 bits per heavy atom. The molecule has 1 aliphatic rings. The smallest absolute Gasteiger partial charge is 0.136 e. The van der Waals surface area contributed by atoms with Gasteiger partial charge < -0.3 is 4.90 Å². The number of rotatable bonds is 3. The highest BCUT2D eigenvalue weighted by atomic mass is 127. The second-order valence-corrected chi connectivity index (χ2v) is 7.15. The molecule has 0 aromatic heterocycles. The quantitative estimate of drug-likeness (QED) is 0.455. The van der Waals surface area contributed by atoms with E-state index in [1.165, 1.54) is 0 Å². The molecule has 1 aliphatic heterocycles. The van der Waals surface area contributed by atoms with Gasteiger partial charge in [-0.05, 0) is 53.3 Å². The van der Waals surface area contributed by atoms with Gasteiger partial charge in [-0.3, -0.25) is 0 Å². The van der Waals surface area contributed by atoms with Crippen LogP contribution in [0.15, 0.2) is 64.4 Å². The molecule has 0 N–H and O–H groups in total. The van der Waals surface area contributed by atoms with E-state index in [1.807, 2.05) is 48.2 Å². The Labute approximate surface area is 164 Å². The second kappa shape index (κ2) is 7.30. The summed E-state index contributed by atoms with van der Waals surface area (Å²) in [7, 11) is 0. The van der Waals surface area contributed by atoms with Gasteiger partial charge in [0.2, 0.25) is 0 Å². The Hall–Kier alpha value is -1.66. The minimum absolute atomic E-state index is 0.0309. The van der Waals surface area contributed by atoms with Crippen molar-refractivity contribution in [2.24, 2.45) is 0 Å². The standard InChI is InChI=1S/C20H15ClF2IN/c1-3-25-12(2)18(24)11-15(13-7-5-4-6-8-13)20(25)19-16(22)9-14(21)10-17(19)23/h4-11H,2-3H2,1H3. The summed E-state index contributed by atoms with van der Waals surface area (Å²) in [4.78, 5) is 1.83. The molecule has 0 saturated heterocycles. The predicted molar refractivity (Wildman–Crippen MR) is 108 cm³/mol. The second-order valence-electron chi connectivity index (χ2n) is 5.56. The van der Waals surface area contributed by atoms with Gasteiger partial charge in [0.05, 0.1) is 11.3 Å². The van der Waals surface area contributed by atoms with E-state index in [0.29, 0.717) is 17.9 Å². The van der Waals surface area contributed by atoms with Gasteiger partial charge in [0.25, 0.3) is 0 Å². The molecule has 3 rings (SSSR count). The highest BCUT2D eigenvalue weighted by molar-refractivity contribution is 14.1. The Morgan fingerprint density at radius 3 is 2.28 bits per heavy atom. The number of hydrogen-bond donors (Lipinski definition) is 0. The summed E-state index contributed by atoms with van der Waals surface area (Å²) in [6, 6.07) is 11.8. The van der Waals surface area contributed by atoms with Crippen LogP contribution in [0.1, 0.15) is 18.1 Å². The lowest BCUT2D eigenvalue weighted by Gasteiger charge is -2.34. The molecule has 0 fully saturated rings. The van der Waals surface area contributed by atoms with Crippen molar-refractivity contribution in [1.29, 1.82) is 0 Å². The van der Waals surface area contributed by atoms with Crippen LogP contribution in [0.25, 0.3) is 11.3 Å². The van der Waals surface area contributed by atoms with Crippen LogP contribution in [0.5, 0.6) is 0 Å². The monoisotopic (exact) mass is 469 g/mol. The average molecular weight is 470 g/mol. The van der Waals surface area contributed by atoms with Gasteiger partial charge in [0.1, 0.15) is 11.6 Å². The van der Waals surface area contributed by atoms with Crippen molar-refractivity contribution in [1.82, 2.24) is 4.90 Å². The first-order chi connectivity index (χ1) is 11.9. The Balaban J connectivity index is 2.38. The van der Waals surface area contributed by atoms with E-state index in [4.69, 9.17) is 11.6 Å². The molecule has 0 spiro atoms. The Kier molecular flexibility index (Phi) is 5.29. The molecule has 1 heterocycles. The summed E-state index contributed by atoms with van der Waals surface area (Å²) in [5.41, 5.74) is 2.72. The van der Waals surface area contributed by atoms with Gasteiger partial charge in [-0.25, -0.2) is 8.78 Å². The molecular formula is C20H15ClF2IN. The zero-order chi connectivity index (χ0) is 18.1. The zero-order valence-corrected chi connectivity index (χ0v) is 16.4. The van der Waals surface area contributed by atoms with Crippen LogP contribution in [0.3, 0.4) is 0 Å². The van der Waals surface area contributed by atoms with E-state index in [1.54, 1.807) is 0 Å². The van der Waals surface area contributed by atoms with Gasteiger partial charge in [-0.1, -0.05) is 48.5 Å². The molecule has 0 atom stereocenters. The van der Waals surface area contributed by atoms with E-state index in [-0.39, 0.29) is 10.6 Å². The SMILES string of the molecule is C=C1C(I)=CC(c2ccccc2)=C(c2c(F)cc(Cl)cc2F)N1CC. The highest BCUT2D eigenvalue weighted by Gasteiger charge is 2.28. The first kappa shape index (κ1) is 18.1. The highest BCUT2D eigenvalue weighted by Crippen LogP contribution is 2.42. The fourth-order valence-electron chi connectivity index (χ4n) is 2.91. The fraction of sp³-hybridized carbons (Fsp3) is 0.100. The molecule has 0 amide bonds. The molecule has 5 heteroatoms. The van der Waals surface area contributed by atoms with Gasteiger partial charge in [0, 0.05) is 26.4 Å². The third-order valence-corrected chi connectivity index (χ3v) is 5.19. The summed E-state index contributed by atoms with van der Waals surface area (Å²) in [5.74, 6) is -1.38. The van der Waals surface area contributed by atoms with Crippen molar-refractivity contribution >= 4 is 45.5 Å². The molecule has 0 radical (unpaired) electrons. The van der Waals surface area contributed by atoms with Crippen molar-refractivity contribution in [3.63, 3.8) is 0 Å². The summed E-state index contributed by atoms with van der Waals surface area (Å²) in [6.07, 6.45) is 1.91. The maximum atomic E-state index is 14.7. The molecule has 0 unspecified atom stereocenters. The summed E-state index contributed by atoms with van der Waals surface area (Å²) < 4.78 is 30.3. The first-order valence-electron chi connectivity index (χ1n) is 7.72. The van der Waals surface area contributed by atoms with Gasteiger partial charge in [-0.15, -0.1) is 0 Å². The molecule has 0 bridgehead atoms. The largest absolute Gasteiger partial charge is 0.340 e. The fourth-order valence-corrected chi connectivity index (χ4v) is 3.71. The predicted octanol–water partition coefficient (Wildman–Crippen LogP) is 6.65. The Morgan fingerprint density at radius 2 is 1.72 bits per heavy atom. The summed E-state index contributed by atoms with van der Waals surface area (Å²) >= 11 is 7.99. The number of allylic oxidation sites excluding steroid dienone is 3. The van der Waals surface area contributed by atoms with Crippen LogP contribution < -0.4 is 0 Å². The lowest BCUT2D eigenvalue weighted by atomic mass is 9.94. The minimum Gasteiger partial charge on any atom is -0.340 e. The third-order valence-electron chi connectivity index (χ3n) is 4.04. The lowest BCUT2D eigenvalue weighted by Crippen LogP contribution is -2.25. The van der Waals surface area contributed by atoms with E-state index >= 15 is 0 Å². The van der Waals surface area contributed by atoms with Gasteiger partial charge in [0.15, 0.2) is 0 Å². The molecular weight excluding hydrogens is 455 g/mol. The number of nitrogens with zero attached hydrogens (tertiary/aromatic N) is 1. The third kappa shape index (κ3) is 3.37. The molecule has 25 heavy (non-hydrogen) atoms. The van der Waals surface area contributed by atoms with Crippen molar-refractivity contribution in [3.05, 3.63) is 92.2 Å². The Bertz CT molecular complexity index is 880. The zero-order valence-electron chi connectivity index (χ0n) is 13.5. The van der Waals surface area contributed by atoms with Crippen LogP contribution in [0.4, 0.5) is 8.78 Å². The van der Waals surface area contributed by atoms with Crippen LogP contribution in [0.2, 0.25) is 5.02 Å². The van der Waals surface area contributed by atoms with Crippen molar-refractivity contribution in [2.75, 3.05) is 6.54 Å². The number of likely N-dealkylation sites (N-methyl/N-ethyl adjacent to an activating group) is 1.